The Morgan fingerprint density at radius 1 is 1.25 bits per heavy atom. The molecular weight excluding hydrogens is 252 g/mol. The Kier molecular flexibility index (Phi) is 5.68. The SMILES string of the molecule is COc1ccc(C(CN)NCCC2CCC2)cc1OC. The van der Waals surface area contributed by atoms with Crippen LogP contribution in [0.15, 0.2) is 18.2 Å². The minimum Gasteiger partial charge on any atom is -0.493 e. The highest BCUT2D eigenvalue weighted by molar-refractivity contribution is 5.43. The Labute approximate surface area is 121 Å². The van der Waals surface area contributed by atoms with Crippen molar-refractivity contribution in [2.75, 3.05) is 27.3 Å². The van der Waals surface area contributed by atoms with E-state index in [0.29, 0.717) is 6.54 Å². The van der Waals surface area contributed by atoms with Gasteiger partial charge in [0.05, 0.1) is 14.2 Å². The molecule has 3 N–H and O–H groups in total. The van der Waals surface area contributed by atoms with Gasteiger partial charge in [0.15, 0.2) is 11.5 Å². The third-order valence-electron chi connectivity index (χ3n) is 4.21. The van der Waals surface area contributed by atoms with E-state index in [-0.39, 0.29) is 6.04 Å². The minimum absolute atomic E-state index is 0.176. The van der Waals surface area contributed by atoms with Crippen molar-refractivity contribution < 1.29 is 9.47 Å². The van der Waals surface area contributed by atoms with Crippen molar-refractivity contribution in [1.82, 2.24) is 5.32 Å². The summed E-state index contributed by atoms with van der Waals surface area (Å²) < 4.78 is 10.6. The number of methoxy groups -OCH3 is 2. The fourth-order valence-electron chi connectivity index (χ4n) is 2.65. The van der Waals surface area contributed by atoms with Crippen LogP contribution in [0.1, 0.15) is 37.3 Å². The van der Waals surface area contributed by atoms with E-state index < -0.39 is 0 Å². The first-order chi connectivity index (χ1) is 9.78. The quantitative estimate of drug-likeness (QED) is 0.767. The van der Waals surface area contributed by atoms with E-state index in [9.17, 15) is 0 Å². The summed E-state index contributed by atoms with van der Waals surface area (Å²) in [5.41, 5.74) is 7.05. The molecule has 20 heavy (non-hydrogen) atoms. The highest BCUT2D eigenvalue weighted by atomic mass is 16.5. The molecule has 0 heterocycles. The van der Waals surface area contributed by atoms with Crippen LogP contribution in [0.25, 0.3) is 0 Å². The molecule has 1 atom stereocenters. The van der Waals surface area contributed by atoms with Crippen LogP contribution in [0.3, 0.4) is 0 Å². The van der Waals surface area contributed by atoms with Crippen molar-refractivity contribution >= 4 is 0 Å². The lowest BCUT2D eigenvalue weighted by atomic mass is 9.83. The molecule has 1 aliphatic rings. The van der Waals surface area contributed by atoms with Crippen LogP contribution in [0, 0.1) is 5.92 Å². The van der Waals surface area contributed by atoms with Gasteiger partial charge < -0.3 is 20.5 Å². The summed E-state index contributed by atoms with van der Waals surface area (Å²) in [5, 5.41) is 3.55. The Hall–Kier alpha value is -1.26. The second-order valence-electron chi connectivity index (χ2n) is 5.44. The predicted molar refractivity (Wildman–Crippen MR) is 81.3 cm³/mol. The lowest BCUT2D eigenvalue weighted by molar-refractivity contribution is 0.287. The average molecular weight is 278 g/mol. The molecule has 1 unspecified atom stereocenters. The molecule has 4 nitrogen and oxygen atoms in total. The largest absolute Gasteiger partial charge is 0.493 e. The van der Waals surface area contributed by atoms with Gasteiger partial charge in [-0.25, -0.2) is 0 Å². The predicted octanol–water partition coefficient (Wildman–Crippen LogP) is 2.48. The van der Waals surface area contributed by atoms with Crippen LogP contribution in [-0.4, -0.2) is 27.3 Å². The fourth-order valence-corrected chi connectivity index (χ4v) is 2.65. The third kappa shape index (κ3) is 3.64. The second-order valence-corrected chi connectivity index (χ2v) is 5.44. The summed E-state index contributed by atoms with van der Waals surface area (Å²) in [4.78, 5) is 0. The van der Waals surface area contributed by atoms with E-state index in [4.69, 9.17) is 15.2 Å². The summed E-state index contributed by atoms with van der Waals surface area (Å²) >= 11 is 0. The minimum atomic E-state index is 0.176. The van der Waals surface area contributed by atoms with Gasteiger partial charge in [-0.1, -0.05) is 25.3 Å². The van der Waals surface area contributed by atoms with Crippen molar-refractivity contribution in [2.45, 2.75) is 31.7 Å². The van der Waals surface area contributed by atoms with Crippen LogP contribution in [-0.2, 0) is 0 Å². The molecule has 112 valence electrons. The molecule has 0 spiro atoms. The van der Waals surface area contributed by atoms with Gasteiger partial charge >= 0.3 is 0 Å². The van der Waals surface area contributed by atoms with E-state index in [2.05, 4.69) is 11.4 Å². The summed E-state index contributed by atoms with van der Waals surface area (Å²) in [6.45, 7) is 1.61. The Morgan fingerprint density at radius 3 is 2.55 bits per heavy atom. The summed E-state index contributed by atoms with van der Waals surface area (Å²) in [6.07, 6.45) is 5.45. The van der Waals surface area contributed by atoms with Gasteiger partial charge in [-0.05, 0) is 36.6 Å². The van der Waals surface area contributed by atoms with Crippen molar-refractivity contribution in [3.05, 3.63) is 23.8 Å². The standard InChI is InChI=1S/C16H26N2O2/c1-19-15-7-6-13(10-16(15)20-2)14(11-17)18-9-8-12-4-3-5-12/h6-7,10,12,14,18H,3-5,8-9,11,17H2,1-2H3. The molecule has 4 heteroatoms. The van der Waals surface area contributed by atoms with E-state index in [1.807, 2.05) is 12.1 Å². The molecule has 1 saturated carbocycles. The van der Waals surface area contributed by atoms with E-state index in [1.54, 1.807) is 14.2 Å². The third-order valence-corrected chi connectivity index (χ3v) is 4.21. The van der Waals surface area contributed by atoms with Crippen molar-refractivity contribution in [2.24, 2.45) is 11.7 Å². The van der Waals surface area contributed by atoms with Gasteiger partial charge in [0.2, 0.25) is 0 Å². The highest BCUT2D eigenvalue weighted by Gasteiger charge is 2.18. The van der Waals surface area contributed by atoms with Crippen LogP contribution in [0.2, 0.25) is 0 Å². The topological polar surface area (TPSA) is 56.5 Å². The van der Waals surface area contributed by atoms with E-state index in [1.165, 1.54) is 25.7 Å². The molecule has 2 rings (SSSR count). The first-order valence-electron chi connectivity index (χ1n) is 7.43. The molecular formula is C16H26N2O2. The number of hydrogen-bond donors (Lipinski definition) is 2. The normalized spacial score (nSPS) is 16.6. The smallest absolute Gasteiger partial charge is 0.161 e. The molecule has 1 fully saturated rings. The first kappa shape index (κ1) is 15.1. The van der Waals surface area contributed by atoms with Crippen molar-refractivity contribution in [3.8, 4) is 11.5 Å². The van der Waals surface area contributed by atoms with Gasteiger partial charge in [-0.3, -0.25) is 0 Å². The number of ether oxygens (including phenoxy) is 2. The van der Waals surface area contributed by atoms with Crippen LogP contribution < -0.4 is 20.5 Å². The number of nitrogens with two attached hydrogens (primary N) is 1. The average Bonchev–Trinajstić information content (AvgIpc) is 2.45. The van der Waals surface area contributed by atoms with Gasteiger partial charge in [-0.15, -0.1) is 0 Å². The fraction of sp³-hybridized carbons (Fsp3) is 0.625. The van der Waals surface area contributed by atoms with Gasteiger partial charge in [0.25, 0.3) is 0 Å². The maximum Gasteiger partial charge on any atom is 0.161 e. The summed E-state index contributed by atoms with van der Waals surface area (Å²) in [6, 6.07) is 6.17. The zero-order valence-electron chi connectivity index (χ0n) is 12.5. The van der Waals surface area contributed by atoms with Gasteiger partial charge in [0.1, 0.15) is 0 Å². The molecule has 1 aliphatic carbocycles. The number of benzene rings is 1. The second kappa shape index (κ2) is 7.50. The van der Waals surface area contributed by atoms with Crippen molar-refractivity contribution in [3.63, 3.8) is 0 Å². The number of nitrogens with one attached hydrogen (secondary N) is 1. The van der Waals surface area contributed by atoms with E-state index in [0.717, 1.165) is 29.5 Å². The number of hydrogen-bond acceptors (Lipinski definition) is 4. The Balaban J connectivity index is 1.94. The zero-order chi connectivity index (χ0) is 14.4. The maximum absolute atomic E-state index is 5.90. The Bertz CT molecular complexity index is 419. The molecule has 0 radical (unpaired) electrons. The zero-order valence-corrected chi connectivity index (χ0v) is 12.5. The van der Waals surface area contributed by atoms with E-state index >= 15 is 0 Å². The lowest BCUT2D eigenvalue weighted by Gasteiger charge is -2.26. The molecule has 1 aromatic carbocycles. The molecule has 0 saturated heterocycles. The highest BCUT2D eigenvalue weighted by Crippen LogP contribution is 2.31. The van der Waals surface area contributed by atoms with Crippen LogP contribution in [0.4, 0.5) is 0 Å². The van der Waals surface area contributed by atoms with Crippen LogP contribution in [0.5, 0.6) is 11.5 Å². The summed E-state index contributed by atoms with van der Waals surface area (Å²) in [7, 11) is 3.30. The summed E-state index contributed by atoms with van der Waals surface area (Å²) in [5.74, 6) is 2.43. The lowest BCUT2D eigenvalue weighted by Crippen LogP contribution is -2.30. The van der Waals surface area contributed by atoms with Gasteiger partial charge in [0, 0.05) is 12.6 Å². The maximum atomic E-state index is 5.90. The molecule has 1 aromatic rings. The Morgan fingerprint density at radius 2 is 2.00 bits per heavy atom. The molecule has 0 aromatic heterocycles. The first-order valence-corrected chi connectivity index (χ1v) is 7.43. The van der Waals surface area contributed by atoms with Crippen molar-refractivity contribution in [1.29, 1.82) is 0 Å². The monoisotopic (exact) mass is 278 g/mol. The van der Waals surface area contributed by atoms with Gasteiger partial charge in [-0.2, -0.15) is 0 Å². The number of rotatable bonds is 8. The molecule has 0 amide bonds. The van der Waals surface area contributed by atoms with Crippen LogP contribution >= 0.6 is 0 Å². The molecule has 0 aliphatic heterocycles. The molecule has 0 bridgehead atoms.